The lowest BCUT2D eigenvalue weighted by Gasteiger charge is -2.10. The third-order valence-corrected chi connectivity index (χ3v) is 3.43. The van der Waals surface area contributed by atoms with Gasteiger partial charge in [0.15, 0.2) is 0 Å². The molecular weight excluding hydrogens is 314 g/mol. The van der Waals surface area contributed by atoms with Gasteiger partial charge in [-0.15, -0.1) is 0 Å². The molecule has 0 fully saturated rings. The van der Waals surface area contributed by atoms with E-state index >= 15 is 0 Å². The lowest BCUT2D eigenvalue weighted by Crippen LogP contribution is -2.40. The number of carbonyl (C=O) groups excluding carboxylic acids is 2. The second-order valence-electron chi connectivity index (χ2n) is 5.30. The second-order valence-corrected chi connectivity index (χ2v) is 5.30. The summed E-state index contributed by atoms with van der Waals surface area (Å²) in [4.78, 5) is 28.3. The van der Waals surface area contributed by atoms with Crippen LogP contribution in [0, 0.1) is 5.41 Å². The number of nitrogen functional groups attached to an aromatic ring is 1. The van der Waals surface area contributed by atoms with E-state index in [1.165, 1.54) is 0 Å². The van der Waals surface area contributed by atoms with Crippen LogP contribution < -0.4 is 17.2 Å². The van der Waals surface area contributed by atoms with Gasteiger partial charge in [-0.3, -0.25) is 10.2 Å². The topological polar surface area (TPSA) is 167 Å². The lowest BCUT2D eigenvalue weighted by atomic mass is 10.0. The lowest BCUT2D eigenvalue weighted by molar-refractivity contribution is -0.161. The van der Waals surface area contributed by atoms with Crippen molar-refractivity contribution >= 4 is 23.5 Å². The van der Waals surface area contributed by atoms with Crippen LogP contribution >= 0.6 is 0 Å². The molecule has 1 aliphatic heterocycles. The van der Waals surface area contributed by atoms with Crippen LogP contribution in [0.15, 0.2) is 29.4 Å². The van der Waals surface area contributed by atoms with Gasteiger partial charge in [-0.25, -0.2) is 4.79 Å². The SMILES string of the molecule is N=C(N)c1ccc(C2=NO[C@@H](CC(=O)OC(=O)[C@@H](N)CN)C2)cc1. The van der Waals surface area contributed by atoms with E-state index in [1.54, 1.807) is 24.3 Å². The number of carbonyl (C=O) groups is 2. The predicted molar refractivity (Wildman–Crippen MR) is 86.2 cm³/mol. The molecule has 9 nitrogen and oxygen atoms in total. The highest BCUT2D eigenvalue weighted by atomic mass is 16.6. The Bertz CT molecular complexity index is 671. The molecule has 1 aromatic carbocycles. The number of oxime groups is 1. The summed E-state index contributed by atoms with van der Waals surface area (Å²) in [6, 6.07) is 5.92. The fraction of sp³-hybridized carbons (Fsp3) is 0.333. The number of amidine groups is 1. The van der Waals surface area contributed by atoms with Gasteiger partial charge in [0.2, 0.25) is 0 Å². The summed E-state index contributed by atoms with van der Waals surface area (Å²) in [5, 5.41) is 11.3. The summed E-state index contributed by atoms with van der Waals surface area (Å²) in [6.07, 6.45) is -0.241. The zero-order valence-electron chi connectivity index (χ0n) is 12.9. The molecule has 1 aliphatic rings. The maximum Gasteiger partial charge on any atom is 0.331 e. The van der Waals surface area contributed by atoms with Crippen LogP contribution in [0.5, 0.6) is 0 Å². The highest BCUT2D eigenvalue weighted by molar-refractivity contribution is 6.03. The number of ether oxygens (including phenoxy) is 1. The van der Waals surface area contributed by atoms with Crippen molar-refractivity contribution in [3.63, 3.8) is 0 Å². The van der Waals surface area contributed by atoms with Gasteiger partial charge < -0.3 is 26.8 Å². The van der Waals surface area contributed by atoms with E-state index in [1.807, 2.05) is 0 Å². The molecule has 1 aromatic rings. The van der Waals surface area contributed by atoms with Crippen LogP contribution in [0.25, 0.3) is 0 Å². The Labute approximate surface area is 138 Å². The summed E-state index contributed by atoms with van der Waals surface area (Å²) in [7, 11) is 0. The van der Waals surface area contributed by atoms with Gasteiger partial charge in [0.25, 0.3) is 0 Å². The maximum atomic E-state index is 11.7. The molecule has 128 valence electrons. The van der Waals surface area contributed by atoms with Crippen molar-refractivity contribution < 1.29 is 19.2 Å². The minimum Gasteiger partial charge on any atom is -0.392 e. The van der Waals surface area contributed by atoms with Crippen LogP contribution in [0.2, 0.25) is 0 Å². The van der Waals surface area contributed by atoms with Gasteiger partial charge in [0, 0.05) is 18.5 Å². The molecule has 0 aliphatic carbocycles. The van der Waals surface area contributed by atoms with Gasteiger partial charge in [-0.05, 0) is 5.56 Å². The van der Waals surface area contributed by atoms with E-state index in [2.05, 4.69) is 9.89 Å². The van der Waals surface area contributed by atoms with Crippen molar-refractivity contribution in [3.8, 4) is 0 Å². The van der Waals surface area contributed by atoms with Crippen LogP contribution in [0.4, 0.5) is 0 Å². The summed E-state index contributed by atoms with van der Waals surface area (Å²) in [5.41, 5.74) is 18.1. The van der Waals surface area contributed by atoms with Gasteiger partial charge >= 0.3 is 11.9 Å². The molecule has 1 heterocycles. The molecule has 9 heteroatoms. The van der Waals surface area contributed by atoms with Crippen molar-refractivity contribution in [1.82, 2.24) is 0 Å². The molecule has 0 radical (unpaired) electrons. The van der Waals surface area contributed by atoms with Gasteiger partial charge in [0.1, 0.15) is 18.0 Å². The molecule has 0 saturated heterocycles. The Morgan fingerprint density at radius 1 is 1.38 bits per heavy atom. The van der Waals surface area contributed by atoms with Gasteiger partial charge in [-0.1, -0.05) is 29.4 Å². The molecule has 0 saturated carbocycles. The number of nitrogens with zero attached hydrogens (tertiary/aromatic N) is 1. The normalized spacial score (nSPS) is 17.6. The third kappa shape index (κ3) is 4.37. The molecule has 2 rings (SSSR count). The number of nitrogens with two attached hydrogens (primary N) is 3. The fourth-order valence-electron chi connectivity index (χ4n) is 2.06. The molecule has 0 unspecified atom stereocenters. The Balaban J connectivity index is 1.87. The first-order chi connectivity index (χ1) is 11.4. The Kier molecular flexibility index (Phi) is 5.61. The van der Waals surface area contributed by atoms with Crippen LogP contribution in [0.1, 0.15) is 24.0 Å². The molecule has 0 bridgehead atoms. The summed E-state index contributed by atoms with van der Waals surface area (Å²) in [5.74, 6) is -1.62. The van der Waals surface area contributed by atoms with E-state index < -0.39 is 24.1 Å². The number of rotatable bonds is 6. The quantitative estimate of drug-likeness (QED) is 0.229. The third-order valence-electron chi connectivity index (χ3n) is 3.43. The largest absolute Gasteiger partial charge is 0.392 e. The Morgan fingerprint density at radius 3 is 2.62 bits per heavy atom. The number of benzene rings is 1. The first kappa shape index (κ1) is 17.6. The number of nitrogens with one attached hydrogen (secondary N) is 1. The van der Waals surface area contributed by atoms with E-state index in [0.717, 1.165) is 5.56 Å². The Morgan fingerprint density at radius 2 is 2.04 bits per heavy atom. The van der Waals surface area contributed by atoms with E-state index in [9.17, 15) is 9.59 Å². The van der Waals surface area contributed by atoms with E-state index in [0.29, 0.717) is 17.7 Å². The highest BCUT2D eigenvalue weighted by Crippen LogP contribution is 2.19. The summed E-state index contributed by atoms with van der Waals surface area (Å²) < 4.78 is 4.60. The minimum absolute atomic E-state index is 0.0212. The average molecular weight is 333 g/mol. The second kappa shape index (κ2) is 7.66. The predicted octanol–water partition coefficient (Wildman–Crippen LogP) is -0.790. The molecule has 0 spiro atoms. The van der Waals surface area contributed by atoms with Crippen molar-refractivity contribution in [3.05, 3.63) is 35.4 Å². The molecule has 7 N–H and O–H groups in total. The number of hydrogen-bond acceptors (Lipinski definition) is 8. The molecule has 24 heavy (non-hydrogen) atoms. The number of hydrogen-bond donors (Lipinski definition) is 4. The molecular formula is C15H19N5O4. The van der Waals surface area contributed by atoms with Crippen molar-refractivity contribution in [2.24, 2.45) is 22.4 Å². The molecule has 2 atom stereocenters. The monoisotopic (exact) mass is 333 g/mol. The Hall–Kier alpha value is -2.78. The summed E-state index contributed by atoms with van der Waals surface area (Å²) in [6.45, 7) is -0.102. The fourth-order valence-corrected chi connectivity index (χ4v) is 2.06. The van der Waals surface area contributed by atoms with Crippen molar-refractivity contribution in [1.29, 1.82) is 5.41 Å². The first-order valence-electron chi connectivity index (χ1n) is 7.28. The smallest absolute Gasteiger partial charge is 0.331 e. The summed E-state index contributed by atoms with van der Waals surface area (Å²) >= 11 is 0. The standard InChI is InChI=1S/C15H19N5O4/c16-7-11(17)15(22)23-13(21)6-10-5-12(20-24-10)8-1-3-9(4-2-8)14(18)19/h1-4,10-11H,5-7,16-17H2,(H3,18,19)/t10-,11+/m1/s1. The average Bonchev–Trinajstić information content (AvgIpc) is 3.02. The highest BCUT2D eigenvalue weighted by Gasteiger charge is 2.27. The van der Waals surface area contributed by atoms with Gasteiger partial charge in [-0.2, -0.15) is 0 Å². The van der Waals surface area contributed by atoms with Gasteiger partial charge in [0.05, 0.1) is 12.1 Å². The molecule has 0 amide bonds. The van der Waals surface area contributed by atoms with E-state index in [4.69, 9.17) is 27.4 Å². The molecule has 0 aromatic heterocycles. The maximum absolute atomic E-state index is 11.7. The first-order valence-corrected chi connectivity index (χ1v) is 7.28. The van der Waals surface area contributed by atoms with Crippen LogP contribution in [0.3, 0.4) is 0 Å². The number of esters is 2. The van der Waals surface area contributed by atoms with E-state index in [-0.39, 0.29) is 18.8 Å². The van der Waals surface area contributed by atoms with Crippen molar-refractivity contribution in [2.75, 3.05) is 6.54 Å². The van der Waals surface area contributed by atoms with Crippen molar-refractivity contribution in [2.45, 2.75) is 25.0 Å². The minimum atomic E-state index is -1.02. The zero-order chi connectivity index (χ0) is 17.7. The zero-order valence-corrected chi connectivity index (χ0v) is 12.9. The van der Waals surface area contributed by atoms with Crippen LogP contribution in [-0.4, -0.2) is 42.2 Å². The van der Waals surface area contributed by atoms with Crippen LogP contribution in [-0.2, 0) is 19.2 Å².